The van der Waals surface area contributed by atoms with Gasteiger partial charge in [-0.2, -0.15) is 0 Å². The Morgan fingerprint density at radius 3 is 2.59 bits per heavy atom. The summed E-state index contributed by atoms with van der Waals surface area (Å²) >= 11 is 3.30. The van der Waals surface area contributed by atoms with Crippen molar-refractivity contribution in [2.24, 2.45) is 5.92 Å². The average Bonchev–Trinajstić information content (AvgIpc) is 2.30. The first-order valence-corrected chi connectivity index (χ1v) is 6.09. The number of hydrogen-bond acceptors (Lipinski definition) is 3. The fourth-order valence-electron chi connectivity index (χ4n) is 1.71. The lowest BCUT2D eigenvalue weighted by atomic mass is 9.99. The molecule has 1 aromatic heterocycles. The number of piperidine rings is 1. The molecule has 0 radical (unpaired) electrons. The highest BCUT2D eigenvalue weighted by Crippen LogP contribution is 2.16. The molecule has 6 heteroatoms. The minimum absolute atomic E-state index is 0. The van der Waals surface area contributed by atoms with Gasteiger partial charge < -0.3 is 10.1 Å². The minimum atomic E-state index is 0. The predicted octanol–water partition coefficient (Wildman–Crippen LogP) is 3.07. The SMILES string of the molecule is Brc1ccc(OCC2CCNCC2)cn1.Cl.Cl. The van der Waals surface area contributed by atoms with Crippen molar-refractivity contribution >= 4 is 40.7 Å². The van der Waals surface area contributed by atoms with Crippen molar-refractivity contribution in [1.29, 1.82) is 0 Å². The molecule has 98 valence electrons. The lowest BCUT2D eigenvalue weighted by molar-refractivity contribution is 0.214. The number of hydrogen-bond donors (Lipinski definition) is 1. The summed E-state index contributed by atoms with van der Waals surface area (Å²) in [6.45, 7) is 3.05. The number of aromatic nitrogens is 1. The van der Waals surface area contributed by atoms with Gasteiger partial charge in [0.1, 0.15) is 10.4 Å². The van der Waals surface area contributed by atoms with Gasteiger partial charge in [-0.15, -0.1) is 24.8 Å². The number of rotatable bonds is 3. The van der Waals surface area contributed by atoms with E-state index in [0.29, 0.717) is 5.92 Å². The molecule has 2 heterocycles. The highest BCUT2D eigenvalue weighted by Gasteiger charge is 2.13. The van der Waals surface area contributed by atoms with Gasteiger partial charge in [-0.1, -0.05) is 0 Å². The molecule has 0 unspecified atom stereocenters. The van der Waals surface area contributed by atoms with Crippen LogP contribution in [0.4, 0.5) is 0 Å². The zero-order valence-electron chi connectivity index (χ0n) is 9.39. The first kappa shape index (κ1) is 17.0. The molecule has 0 amide bonds. The van der Waals surface area contributed by atoms with Crippen LogP contribution in [-0.4, -0.2) is 24.7 Å². The van der Waals surface area contributed by atoms with Crippen molar-refractivity contribution in [2.45, 2.75) is 12.8 Å². The number of ether oxygens (including phenoxy) is 1. The van der Waals surface area contributed by atoms with E-state index in [2.05, 4.69) is 26.2 Å². The highest BCUT2D eigenvalue weighted by molar-refractivity contribution is 9.10. The van der Waals surface area contributed by atoms with Gasteiger partial charge in [0.15, 0.2) is 0 Å². The summed E-state index contributed by atoms with van der Waals surface area (Å²) < 4.78 is 6.53. The maximum Gasteiger partial charge on any atom is 0.137 e. The molecular formula is C11H17BrCl2N2O. The monoisotopic (exact) mass is 342 g/mol. The van der Waals surface area contributed by atoms with Gasteiger partial charge in [-0.3, -0.25) is 0 Å². The fourth-order valence-corrected chi connectivity index (χ4v) is 1.94. The van der Waals surface area contributed by atoms with Crippen LogP contribution in [0.15, 0.2) is 22.9 Å². The van der Waals surface area contributed by atoms with Gasteiger partial charge in [0.2, 0.25) is 0 Å². The van der Waals surface area contributed by atoms with Crippen LogP contribution in [0.3, 0.4) is 0 Å². The van der Waals surface area contributed by atoms with Crippen molar-refractivity contribution < 1.29 is 4.74 Å². The molecule has 17 heavy (non-hydrogen) atoms. The minimum Gasteiger partial charge on any atom is -0.492 e. The van der Waals surface area contributed by atoms with E-state index in [4.69, 9.17) is 4.74 Å². The van der Waals surface area contributed by atoms with Crippen molar-refractivity contribution in [3.63, 3.8) is 0 Å². The van der Waals surface area contributed by atoms with Gasteiger partial charge in [0.05, 0.1) is 12.8 Å². The van der Waals surface area contributed by atoms with E-state index in [1.807, 2.05) is 12.1 Å². The number of nitrogens with zero attached hydrogens (tertiary/aromatic N) is 1. The van der Waals surface area contributed by atoms with Crippen LogP contribution >= 0.6 is 40.7 Å². The Morgan fingerprint density at radius 2 is 2.00 bits per heavy atom. The van der Waals surface area contributed by atoms with Crippen molar-refractivity contribution in [2.75, 3.05) is 19.7 Å². The quantitative estimate of drug-likeness (QED) is 0.856. The molecule has 1 fully saturated rings. The van der Waals surface area contributed by atoms with Crippen LogP contribution in [0, 0.1) is 5.92 Å². The molecule has 1 aliphatic heterocycles. The van der Waals surface area contributed by atoms with Gasteiger partial charge in [-0.05, 0) is 59.9 Å². The summed E-state index contributed by atoms with van der Waals surface area (Å²) in [5, 5.41) is 3.35. The maximum absolute atomic E-state index is 5.69. The molecule has 1 saturated heterocycles. The van der Waals surface area contributed by atoms with Gasteiger partial charge >= 0.3 is 0 Å². The number of pyridine rings is 1. The molecule has 0 saturated carbocycles. The van der Waals surface area contributed by atoms with E-state index >= 15 is 0 Å². The standard InChI is InChI=1S/C11H15BrN2O.2ClH/c12-11-2-1-10(7-14-11)15-8-9-3-5-13-6-4-9;;/h1-2,7,9,13H,3-6,8H2;2*1H. The molecule has 1 N–H and O–H groups in total. The van der Waals surface area contributed by atoms with E-state index in [9.17, 15) is 0 Å². The zero-order chi connectivity index (χ0) is 10.5. The lowest BCUT2D eigenvalue weighted by Gasteiger charge is -2.22. The molecule has 0 spiro atoms. The summed E-state index contributed by atoms with van der Waals surface area (Å²) in [4.78, 5) is 4.12. The average molecular weight is 344 g/mol. The molecule has 0 atom stereocenters. The summed E-state index contributed by atoms with van der Waals surface area (Å²) in [6, 6.07) is 3.84. The van der Waals surface area contributed by atoms with Crippen LogP contribution in [0.1, 0.15) is 12.8 Å². The van der Waals surface area contributed by atoms with Crippen molar-refractivity contribution in [1.82, 2.24) is 10.3 Å². The van der Waals surface area contributed by atoms with Gasteiger partial charge in [0.25, 0.3) is 0 Å². The molecule has 1 aliphatic rings. The third kappa shape index (κ3) is 5.91. The van der Waals surface area contributed by atoms with Crippen LogP contribution in [0.25, 0.3) is 0 Å². The Bertz CT molecular complexity index is 305. The highest BCUT2D eigenvalue weighted by atomic mass is 79.9. The van der Waals surface area contributed by atoms with Gasteiger partial charge in [0, 0.05) is 0 Å². The van der Waals surface area contributed by atoms with Crippen LogP contribution in [0.5, 0.6) is 5.75 Å². The fraction of sp³-hybridized carbons (Fsp3) is 0.545. The Balaban J connectivity index is 0.00000128. The largest absolute Gasteiger partial charge is 0.492 e. The molecule has 0 bridgehead atoms. The molecule has 0 aliphatic carbocycles. The van der Waals surface area contributed by atoms with Gasteiger partial charge in [-0.25, -0.2) is 4.98 Å². The van der Waals surface area contributed by atoms with E-state index in [-0.39, 0.29) is 24.8 Å². The smallest absolute Gasteiger partial charge is 0.137 e. The topological polar surface area (TPSA) is 34.1 Å². The lowest BCUT2D eigenvalue weighted by Crippen LogP contribution is -2.30. The van der Waals surface area contributed by atoms with Crippen molar-refractivity contribution in [3.05, 3.63) is 22.9 Å². The third-order valence-electron chi connectivity index (χ3n) is 2.64. The van der Waals surface area contributed by atoms with Crippen LogP contribution < -0.4 is 10.1 Å². The summed E-state index contributed by atoms with van der Waals surface area (Å²) in [5.74, 6) is 1.55. The van der Waals surface area contributed by atoms with Crippen LogP contribution in [-0.2, 0) is 0 Å². The zero-order valence-corrected chi connectivity index (χ0v) is 12.6. The second kappa shape index (κ2) is 8.97. The molecule has 0 aromatic carbocycles. The third-order valence-corrected chi connectivity index (χ3v) is 3.11. The second-order valence-corrected chi connectivity index (χ2v) is 4.63. The summed E-state index contributed by atoms with van der Waals surface area (Å²) in [5.41, 5.74) is 0. The predicted molar refractivity (Wildman–Crippen MR) is 77.5 cm³/mol. The van der Waals surface area contributed by atoms with Crippen LogP contribution in [0.2, 0.25) is 0 Å². The molecular weight excluding hydrogens is 327 g/mol. The molecule has 3 nitrogen and oxygen atoms in total. The van der Waals surface area contributed by atoms with E-state index in [1.54, 1.807) is 6.20 Å². The Kier molecular flexibility index (Phi) is 8.96. The number of nitrogens with one attached hydrogen (secondary N) is 1. The summed E-state index contributed by atoms with van der Waals surface area (Å²) in [6.07, 6.45) is 4.18. The second-order valence-electron chi connectivity index (χ2n) is 3.82. The first-order valence-electron chi connectivity index (χ1n) is 5.29. The maximum atomic E-state index is 5.69. The normalized spacial score (nSPS) is 15.6. The summed E-state index contributed by atoms with van der Waals surface area (Å²) in [7, 11) is 0. The first-order chi connectivity index (χ1) is 7.34. The Labute approximate surface area is 123 Å². The van der Waals surface area contributed by atoms with E-state index in [1.165, 1.54) is 12.8 Å². The van der Waals surface area contributed by atoms with Crippen molar-refractivity contribution in [3.8, 4) is 5.75 Å². The Morgan fingerprint density at radius 1 is 1.29 bits per heavy atom. The van der Waals surface area contributed by atoms with E-state index < -0.39 is 0 Å². The molecule has 1 aromatic rings. The van der Waals surface area contributed by atoms with E-state index in [0.717, 1.165) is 30.0 Å². The number of halogens is 3. The molecule has 2 rings (SSSR count). The Hall–Kier alpha value is -0.0300.